The SMILES string of the molecule is CCC(C)C(NC(=O)C(N)C(C)O)C(=O)NC(CC(C)C)C(=O)NC(Cc1ccccc1)C(=O)O. The van der Waals surface area contributed by atoms with Gasteiger partial charge in [-0.1, -0.05) is 64.4 Å². The number of carboxylic acids is 1. The number of benzene rings is 1. The Morgan fingerprint density at radius 1 is 0.886 bits per heavy atom. The summed E-state index contributed by atoms with van der Waals surface area (Å²) in [5.74, 6) is -3.34. The summed E-state index contributed by atoms with van der Waals surface area (Å²) >= 11 is 0. The monoisotopic (exact) mass is 492 g/mol. The highest BCUT2D eigenvalue weighted by atomic mass is 16.4. The third kappa shape index (κ3) is 10.0. The van der Waals surface area contributed by atoms with Crippen LogP contribution in [0.4, 0.5) is 0 Å². The van der Waals surface area contributed by atoms with E-state index >= 15 is 0 Å². The standard InChI is InChI=1S/C25H40N4O6/c1-6-15(4)21(29-23(32)20(26)16(5)30)24(33)27-18(12-14(2)3)22(31)28-19(25(34)35)13-17-10-8-7-9-11-17/h7-11,14-16,18-21,30H,6,12-13,26H2,1-5H3,(H,27,33)(H,28,31)(H,29,32)(H,34,35). The van der Waals surface area contributed by atoms with Crippen molar-refractivity contribution in [1.82, 2.24) is 16.0 Å². The zero-order valence-electron chi connectivity index (χ0n) is 21.2. The molecule has 35 heavy (non-hydrogen) atoms. The number of nitrogens with one attached hydrogen (secondary N) is 3. The molecule has 10 nitrogen and oxygen atoms in total. The second-order valence-corrected chi connectivity index (χ2v) is 9.42. The van der Waals surface area contributed by atoms with Gasteiger partial charge in [-0.3, -0.25) is 14.4 Å². The Kier molecular flexibility index (Phi) is 12.4. The average molecular weight is 493 g/mol. The molecule has 0 heterocycles. The minimum absolute atomic E-state index is 0.0174. The van der Waals surface area contributed by atoms with Crippen LogP contribution >= 0.6 is 0 Å². The van der Waals surface area contributed by atoms with E-state index in [1.165, 1.54) is 6.92 Å². The van der Waals surface area contributed by atoms with Gasteiger partial charge < -0.3 is 31.9 Å². The minimum Gasteiger partial charge on any atom is -0.480 e. The molecule has 6 unspecified atom stereocenters. The van der Waals surface area contributed by atoms with Crippen LogP contribution in [0.5, 0.6) is 0 Å². The third-order valence-electron chi connectivity index (χ3n) is 5.85. The van der Waals surface area contributed by atoms with Gasteiger partial charge in [-0.25, -0.2) is 4.79 Å². The van der Waals surface area contributed by atoms with Crippen molar-refractivity contribution in [3.63, 3.8) is 0 Å². The third-order valence-corrected chi connectivity index (χ3v) is 5.85. The summed E-state index contributed by atoms with van der Waals surface area (Å²) in [5.41, 5.74) is 6.45. The summed E-state index contributed by atoms with van der Waals surface area (Å²) in [6, 6.07) is 4.54. The summed E-state index contributed by atoms with van der Waals surface area (Å²) in [6.07, 6.45) is -0.189. The van der Waals surface area contributed by atoms with E-state index in [0.717, 1.165) is 5.56 Å². The first kappa shape index (κ1) is 30.1. The van der Waals surface area contributed by atoms with E-state index < -0.39 is 54.0 Å². The molecule has 0 aliphatic heterocycles. The molecule has 0 radical (unpaired) electrons. The number of nitrogens with two attached hydrogens (primary N) is 1. The Morgan fingerprint density at radius 2 is 1.46 bits per heavy atom. The van der Waals surface area contributed by atoms with Crippen molar-refractivity contribution in [3.05, 3.63) is 35.9 Å². The highest BCUT2D eigenvalue weighted by Crippen LogP contribution is 2.12. The lowest BCUT2D eigenvalue weighted by Gasteiger charge is -2.29. The molecule has 7 N–H and O–H groups in total. The molecule has 196 valence electrons. The van der Waals surface area contributed by atoms with E-state index in [2.05, 4.69) is 16.0 Å². The maximum atomic E-state index is 13.2. The number of rotatable bonds is 14. The molecule has 0 aliphatic carbocycles. The summed E-state index contributed by atoms with van der Waals surface area (Å²) < 4.78 is 0. The fourth-order valence-electron chi connectivity index (χ4n) is 3.46. The van der Waals surface area contributed by atoms with Crippen LogP contribution in [0.3, 0.4) is 0 Å². The van der Waals surface area contributed by atoms with Gasteiger partial charge in [0, 0.05) is 6.42 Å². The van der Waals surface area contributed by atoms with Crippen LogP contribution in [0.2, 0.25) is 0 Å². The van der Waals surface area contributed by atoms with Gasteiger partial charge in [-0.15, -0.1) is 0 Å². The lowest BCUT2D eigenvalue weighted by molar-refractivity contribution is -0.142. The molecule has 1 rings (SSSR count). The predicted molar refractivity (Wildman–Crippen MR) is 132 cm³/mol. The molecule has 0 aliphatic rings. The molecule has 1 aromatic rings. The zero-order valence-corrected chi connectivity index (χ0v) is 21.2. The quantitative estimate of drug-likeness (QED) is 0.220. The average Bonchev–Trinajstić information content (AvgIpc) is 2.80. The van der Waals surface area contributed by atoms with Crippen LogP contribution in [0.15, 0.2) is 30.3 Å². The van der Waals surface area contributed by atoms with Crippen molar-refractivity contribution >= 4 is 23.7 Å². The number of carboxylic acid groups (broad SMARTS) is 1. The van der Waals surface area contributed by atoms with E-state index in [4.69, 9.17) is 5.73 Å². The Hall–Kier alpha value is -2.98. The molecule has 0 saturated heterocycles. The van der Waals surface area contributed by atoms with E-state index in [1.807, 2.05) is 26.8 Å². The Balaban J connectivity index is 3.03. The molecular weight excluding hydrogens is 452 g/mol. The normalized spacial score (nSPS) is 16.3. The number of hydrogen-bond donors (Lipinski definition) is 6. The van der Waals surface area contributed by atoms with E-state index in [0.29, 0.717) is 6.42 Å². The predicted octanol–water partition coefficient (Wildman–Crippen LogP) is 0.568. The lowest BCUT2D eigenvalue weighted by Crippen LogP contribution is -2.59. The van der Waals surface area contributed by atoms with Crippen LogP contribution < -0.4 is 21.7 Å². The van der Waals surface area contributed by atoms with E-state index in [-0.39, 0.29) is 24.7 Å². The molecule has 3 amide bonds. The molecule has 6 atom stereocenters. The highest BCUT2D eigenvalue weighted by Gasteiger charge is 2.33. The first-order valence-corrected chi connectivity index (χ1v) is 12.0. The molecule has 10 heteroatoms. The number of carbonyl (C=O) groups is 4. The fourth-order valence-corrected chi connectivity index (χ4v) is 3.46. The Labute approximate surface area is 207 Å². The van der Waals surface area contributed by atoms with Crippen molar-refractivity contribution in [1.29, 1.82) is 0 Å². The maximum Gasteiger partial charge on any atom is 0.326 e. The summed E-state index contributed by atoms with van der Waals surface area (Å²) in [4.78, 5) is 50.4. The summed E-state index contributed by atoms with van der Waals surface area (Å²) in [5, 5.41) is 27.0. The number of aliphatic hydroxyl groups is 1. The van der Waals surface area contributed by atoms with Crippen LogP contribution in [-0.4, -0.2) is 64.2 Å². The highest BCUT2D eigenvalue weighted by molar-refractivity contribution is 5.94. The van der Waals surface area contributed by atoms with Gasteiger partial charge in [-0.05, 0) is 30.7 Å². The maximum absolute atomic E-state index is 13.2. The van der Waals surface area contributed by atoms with Gasteiger partial charge in [-0.2, -0.15) is 0 Å². The summed E-state index contributed by atoms with van der Waals surface area (Å²) in [6.45, 7) is 8.75. The van der Waals surface area contributed by atoms with Gasteiger partial charge >= 0.3 is 5.97 Å². The Morgan fingerprint density at radius 3 is 1.94 bits per heavy atom. The van der Waals surface area contributed by atoms with Crippen molar-refractivity contribution < 1.29 is 29.4 Å². The van der Waals surface area contributed by atoms with Crippen molar-refractivity contribution in [2.45, 2.75) is 84.2 Å². The number of aliphatic carboxylic acids is 1. The lowest BCUT2D eigenvalue weighted by atomic mass is 9.96. The molecule has 0 spiro atoms. The number of amides is 3. The van der Waals surface area contributed by atoms with Gasteiger partial charge in [0.2, 0.25) is 17.7 Å². The first-order valence-electron chi connectivity index (χ1n) is 12.0. The second kappa shape index (κ2) is 14.4. The second-order valence-electron chi connectivity index (χ2n) is 9.42. The molecule has 0 fully saturated rings. The number of carbonyl (C=O) groups excluding carboxylic acids is 3. The number of aliphatic hydroxyl groups excluding tert-OH is 1. The fraction of sp³-hybridized carbons (Fsp3) is 0.600. The summed E-state index contributed by atoms with van der Waals surface area (Å²) in [7, 11) is 0. The molecule has 0 saturated carbocycles. The van der Waals surface area contributed by atoms with Crippen LogP contribution in [0.25, 0.3) is 0 Å². The molecule has 1 aromatic carbocycles. The topological polar surface area (TPSA) is 171 Å². The van der Waals surface area contributed by atoms with Gasteiger partial charge in [0.1, 0.15) is 24.2 Å². The van der Waals surface area contributed by atoms with Crippen LogP contribution in [-0.2, 0) is 25.6 Å². The van der Waals surface area contributed by atoms with Crippen molar-refractivity contribution in [2.75, 3.05) is 0 Å². The largest absolute Gasteiger partial charge is 0.480 e. The smallest absolute Gasteiger partial charge is 0.326 e. The van der Waals surface area contributed by atoms with Gasteiger partial charge in [0.05, 0.1) is 6.10 Å². The van der Waals surface area contributed by atoms with Crippen LogP contribution in [0, 0.1) is 11.8 Å². The van der Waals surface area contributed by atoms with Crippen molar-refractivity contribution in [2.24, 2.45) is 17.6 Å². The van der Waals surface area contributed by atoms with Crippen molar-refractivity contribution in [3.8, 4) is 0 Å². The van der Waals surface area contributed by atoms with E-state index in [1.54, 1.807) is 31.2 Å². The van der Waals surface area contributed by atoms with Gasteiger partial charge in [0.25, 0.3) is 0 Å². The molecule has 0 bridgehead atoms. The minimum atomic E-state index is -1.21. The molecular formula is C25H40N4O6. The zero-order chi connectivity index (χ0) is 26.7. The first-order chi connectivity index (χ1) is 16.4. The Bertz CT molecular complexity index is 846. The molecule has 0 aromatic heterocycles. The van der Waals surface area contributed by atoms with Gasteiger partial charge in [0.15, 0.2) is 0 Å². The van der Waals surface area contributed by atoms with Crippen LogP contribution in [0.1, 0.15) is 53.0 Å². The number of hydrogen-bond acceptors (Lipinski definition) is 6. The van der Waals surface area contributed by atoms with E-state index in [9.17, 15) is 29.4 Å².